The molecule has 2 N–H and O–H groups in total. The standard InChI is InChI=1S/C14H22N2O3/c1-4-5-13(17)9-15-11(3)12-7-6-10(2)14(8-12)16(18)19/h6-8,11,13,15,17H,4-5,9H2,1-3H3. The van der Waals surface area contributed by atoms with Gasteiger partial charge in [-0.25, -0.2) is 0 Å². The second-order valence-corrected chi connectivity index (χ2v) is 4.88. The van der Waals surface area contributed by atoms with Crippen molar-refractivity contribution in [2.24, 2.45) is 0 Å². The summed E-state index contributed by atoms with van der Waals surface area (Å²) >= 11 is 0. The number of aliphatic hydroxyl groups excluding tert-OH is 1. The predicted molar refractivity (Wildman–Crippen MR) is 75.2 cm³/mol. The molecular weight excluding hydrogens is 244 g/mol. The van der Waals surface area contributed by atoms with E-state index < -0.39 is 0 Å². The van der Waals surface area contributed by atoms with Crippen molar-refractivity contribution in [1.29, 1.82) is 0 Å². The first-order valence-electron chi connectivity index (χ1n) is 6.62. The van der Waals surface area contributed by atoms with E-state index in [-0.39, 0.29) is 22.8 Å². The number of rotatable bonds is 7. The first kappa shape index (κ1) is 15.6. The Morgan fingerprint density at radius 2 is 2.16 bits per heavy atom. The van der Waals surface area contributed by atoms with Crippen LogP contribution in [-0.2, 0) is 0 Å². The SMILES string of the molecule is CCCC(O)CNC(C)c1ccc(C)c([N+](=O)[O-])c1. The third-order valence-corrected chi connectivity index (χ3v) is 3.21. The van der Waals surface area contributed by atoms with Crippen LogP contribution in [0.5, 0.6) is 0 Å². The van der Waals surface area contributed by atoms with E-state index in [1.165, 1.54) is 0 Å². The van der Waals surface area contributed by atoms with Crippen LogP contribution >= 0.6 is 0 Å². The van der Waals surface area contributed by atoms with E-state index in [9.17, 15) is 15.2 Å². The molecule has 0 saturated heterocycles. The lowest BCUT2D eigenvalue weighted by molar-refractivity contribution is -0.385. The van der Waals surface area contributed by atoms with Crippen molar-refractivity contribution in [3.05, 3.63) is 39.4 Å². The van der Waals surface area contributed by atoms with Crippen LogP contribution in [0.4, 0.5) is 5.69 Å². The van der Waals surface area contributed by atoms with E-state index in [1.54, 1.807) is 19.1 Å². The molecule has 0 aliphatic rings. The molecule has 0 aliphatic heterocycles. The maximum atomic E-state index is 10.9. The molecule has 5 nitrogen and oxygen atoms in total. The van der Waals surface area contributed by atoms with Crippen molar-refractivity contribution < 1.29 is 10.0 Å². The van der Waals surface area contributed by atoms with Gasteiger partial charge in [0.15, 0.2) is 0 Å². The fraction of sp³-hybridized carbons (Fsp3) is 0.571. The lowest BCUT2D eigenvalue weighted by Gasteiger charge is -2.17. The average molecular weight is 266 g/mol. The van der Waals surface area contributed by atoms with Crippen LogP contribution in [0.2, 0.25) is 0 Å². The minimum Gasteiger partial charge on any atom is -0.392 e. The highest BCUT2D eigenvalue weighted by Crippen LogP contribution is 2.23. The summed E-state index contributed by atoms with van der Waals surface area (Å²) in [5.74, 6) is 0. The van der Waals surface area contributed by atoms with E-state index in [2.05, 4.69) is 5.32 Å². The van der Waals surface area contributed by atoms with Gasteiger partial charge in [-0.15, -0.1) is 0 Å². The molecule has 2 atom stereocenters. The van der Waals surface area contributed by atoms with Gasteiger partial charge in [-0.05, 0) is 25.8 Å². The normalized spacial score (nSPS) is 14.1. The monoisotopic (exact) mass is 266 g/mol. The molecule has 0 aliphatic carbocycles. The third-order valence-electron chi connectivity index (χ3n) is 3.21. The smallest absolute Gasteiger partial charge is 0.272 e. The molecule has 0 aromatic heterocycles. The van der Waals surface area contributed by atoms with Gasteiger partial charge in [0.2, 0.25) is 0 Å². The number of hydrogen-bond acceptors (Lipinski definition) is 4. The molecule has 0 radical (unpaired) electrons. The molecular formula is C14H22N2O3. The van der Waals surface area contributed by atoms with Crippen molar-refractivity contribution in [1.82, 2.24) is 5.32 Å². The molecule has 1 aromatic carbocycles. The van der Waals surface area contributed by atoms with Crippen molar-refractivity contribution in [2.45, 2.75) is 45.8 Å². The summed E-state index contributed by atoms with van der Waals surface area (Å²) in [5, 5.41) is 23.8. The Morgan fingerprint density at radius 3 is 2.74 bits per heavy atom. The molecule has 106 valence electrons. The van der Waals surface area contributed by atoms with Gasteiger partial charge in [0.25, 0.3) is 5.69 Å². The van der Waals surface area contributed by atoms with Crippen LogP contribution in [-0.4, -0.2) is 22.7 Å². The molecule has 5 heteroatoms. The largest absolute Gasteiger partial charge is 0.392 e. The Balaban J connectivity index is 2.69. The average Bonchev–Trinajstić information content (AvgIpc) is 2.36. The fourth-order valence-electron chi connectivity index (χ4n) is 1.96. The van der Waals surface area contributed by atoms with Crippen molar-refractivity contribution in [3.63, 3.8) is 0 Å². The highest BCUT2D eigenvalue weighted by atomic mass is 16.6. The molecule has 0 spiro atoms. The Morgan fingerprint density at radius 1 is 1.47 bits per heavy atom. The quantitative estimate of drug-likeness (QED) is 0.587. The van der Waals surface area contributed by atoms with Crippen LogP contribution in [0.3, 0.4) is 0 Å². The number of hydrogen-bond donors (Lipinski definition) is 2. The summed E-state index contributed by atoms with van der Waals surface area (Å²) in [6.07, 6.45) is 1.33. The first-order chi connectivity index (χ1) is 8.95. The number of nitro benzene ring substituents is 1. The van der Waals surface area contributed by atoms with Crippen LogP contribution in [0.25, 0.3) is 0 Å². The number of nitro groups is 1. The highest BCUT2D eigenvalue weighted by Gasteiger charge is 2.14. The number of nitrogens with zero attached hydrogens (tertiary/aromatic N) is 1. The fourth-order valence-corrected chi connectivity index (χ4v) is 1.96. The third kappa shape index (κ3) is 4.61. The van der Waals surface area contributed by atoms with Crippen LogP contribution in [0.15, 0.2) is 18.2 Å². The van der Waals surface area contributed by atoms with Crippen molar-refractivity contribution >= 4 is 5.69 Å². The topological polar surface area (TPSA) is 75.4 Å². The summed E-state index contributed by atoms with van der Waals surface area (Å²) in [4.78, 5) is 10.5. The first-order valence-corrected chi connectivity index (χ1v) is 6.62. The summed E-state index contributed by atoms with van der Waals surface area (Å²) in [6, 6.07) is 5.21. The maximum absolute atomic E-state index is 10.9. The zero-order valence-corrected chi connectivity index (χ0v) is 11.7. The second-order valence-electron chi connectivity index (χ2n) is 4.88. The van der Waals surface area contributed by atoms with Gasteiger partial charge in [-0.3, -0.25) is 10.1 Å². The number of aliphatic hydroxyl groups is 1. The van der Waals surface area contributed by atoms with Gasteiger partial charge in [-0.1, -0.05) is 25.5 Å². The molecule has 0 heterocycles. The molecule has 0 fully saturated rings. The van der Waals surface area contributed by atoms with E-state index >= 15 is 0 Å². The molecule has 19 heavy (non-hydrogen) atoms. The summed E-state index contributed by atoms with van der Waals surface area (Å²) in [7, 11) is 0. The van der Waals surface area contributed by atoms with Gasteiger partial charge < -0.3 is 10.4 Å². The highest BCUT2D eigenvalue weighted by molar-refractivity contribution is 5.43. The zero-order valence-electron chi connectivity index (χ0n) is 11.7. The van der Waals surface area contributed by atoms with Crippen molar-refractivity contribution in [2.75, 3.05) is 6.54 Å². The lowest BCUT2D eigenvalue weighted by atomic mass is 10.0. The Kier molecular flexibility index (Phi) is 5.92. The van der Waals surface area contributed by atoms with E-state index in [1.807, 2.05) is 19.9 Å². The number of nitrogens with one attached hydrogen (secondary N) is 1. The lowest BCUT2D eigenvalue weighted by Crippen LogP contribution is -2.29. The second kappa shape index (κ2) is 7.21. The summed E-state index contributed by atoms with van der Waals surface area (Å²) < 4.78 is 0. The summed E-state index contributed by atoms with van der Waals surface area (Å²) in [6.45, 7) is 6.19. The van der Waals surface area contributed by atoms with Gasteiger partial charge in [0, 0.05) is 24.2 Å². The molecule has 0 bridgehead atoms. The summed E-state index contributed by atoms with van der Waals surface area (Å²) in [5.41, 5.74) is 1.66. The molecule has 0 saturated carbocycles. The van der Waals surface area contributed by atoms with E-state index in [4.69, 9.17) is 0 Å². The van der Waals surface area contributed by atoms with Gasteiger partial charge in [0.1, 0.15) is 0 Å². The van der Waals surface area contributed by atoms with Crippen LogP contribution in [0.1, 0.15) is 43.9 Å². The molecule has 1 aromatic rings. The van der Waals surface area contributed by atoms with E-state index in [0.29, 0.717) is 12.1 Å². The van der Waals surface area contributed by atoms with Gasteiger partial charge in [-0.2, -0.15) is 0 Å². The number of aryl methyl sites for hydroxylation is 1. The molecule has 0 amide bonds. The molecule has 2 unspecified atom stereocenters. The minimum absolute atomic E-state index is 0.0224. The Bertz CT molecular complexity index is 435. The Labute approximate surface area is 113 Å². The molecule has 1 rings (SSSR count). The van der Waals surface area contributed by atoms with Crippen LogP contribution in [0, 0.1) is 17.0 Å². The number of benzene rings is 1. The maximum Gasteiger partial charge on any atom is 0.272 e. The van der Waals surface area contributed by atoms with E-state index in [0.717, 1.165) is 18.4 Å². The van der Waals surface area contributed by atoms with Gasteiger partial charge in [0.05, 0.1) is 11.0 Å². The minimum atomic E-state index is -0.368. The predicted octanol–water partition coefficient (Wildman–Crippen LogP) is 2.71. The van der Waals surface area contributed by atoms with Crippen molar-refractivity contribution in [3.8, 4) is 0 Å². The zero-order chi connectivity index (χ0) is 14.4. The Hall–Kier alpha value is -1.46. The van der Waals surface area contributed by atoms with Crippen LogP contribution < -0.4 is 5.32 Å². The van der Waals surface area contributed by atoms with Gasteiger partial charge >= 0.3 is 0 Å².